The summed E-state index contributed by atoms with van der Waals surface area (Å²) in [6.45, 7) is 20.2. The van der Waals surface area contributed by atoms with Gasteiger partial charge in [-0.15, -0.1) is 24.0 Å². The molecule has 0 aromatic rings. The molecule has 0 saturated heterocycles. The van der Waals surface area contributed by atoms with Crippen molar-refractivity contribution in [3.8, 4) is 0 Å². The number of hydrogen-bond acceptors (Lipinski definition) is 2. The number of nitrogens with zero attached hydrogens (tertiary/aromatic N) is 2. The Labute approximate surface area is 143 Å². The van der Waals surface area contributed by atoms with Crippen molar-refractivity contribution in [1.82, 2.24) is 15.5 Å². The molecule has 0 unspecified atom stereocenters. The molecular weight excluding hydrogens is 363 g/mol. The standard InChI is InChI=1S/C15H34N4.HI/c1-9-16-14(18-15(6,7)8)17-10-11-19(12(2)3)13(4)5;/h12-13H,9-11H2,1-8H3,(H2,16,17,18);1H. The SMILES string of the molecule is CCNC(=NCCN(C(C)C)C(C)C)NC(C)(C)C.I. The van der Waals surface area contributed by atoms with Crippen LogP contribution in [0.25, 0.3) is 0 Å². The van der Waals surface area contributed by atoms with Crippen molar-refractivity contribution in [2.45, 2.75) is 73.0 Å². The Morgan fingerprint density at radius 2 is 1.60 bits per heavy atom. The highest BCUT2D eigenvalue weighted by Gasteiger charge is 2.14. The Balaban J connectivity index is 0. The van der Waals surface area contributed by atoms with Crippen LogP contribution in [0.15, 0.2) is 4.99 Å². The van der Waals surface area contributed by atoms with Gasteiger partial charge in [-0.3, -0.25) is 9.89 Å². The van der Waals surface area contributed by atoms with E-state index in [1.54, 1.807) is 0 Å². The molecule has 122 valence electrons. The zero-order chi connectivity index (χ0) is 15.1. The maximum absolute atomic E-state index is 4.66. The Hall–Kier alpha value is -0.0400. The number of rotatable bonds is 6. The number of nitrogens with one attached hydrogen (secondary N) is 2. The van der Waals surface area contributed by atoms with Gasteiger partial charge in [-0.2, -0.15) is 0 Å². The van der Waals surface area contributed by atoms with E-state index in [2.05, 4.69) is 75.9 Å². The maximum atomic E-state index is 4.66. The second-order valence-electron chi connectivity index (χ2n) is 6.56. The Morgan fingerprint density at radius 3 is 1.95 bits per heavy atom. The van der Waals surface area contributed by atoms with Crippen LogP contribution in [0.4, 0.5) is 0 Å². The Morgan fingerprint density at radius 1 is 1.10 bits per heavy atom. The first-order valence-electron chi connectivity index (χ1n) is 7.49. The van der Waals surface area contributed by atoms with Gasteiger partial charge < -0.3 is 10.6 Å². The van der Waals surface area contributed by atoms with E-state index >= 15 is 0 Å². The summed E-state index contributed by atoms with van der Waals surface area (Å²) in [5, 5.41) is 6.70. The van der Waals surface area contributed by atoms with Crippen molar-refractivity contribution in [2.75, 3.05) is 19.6 Å². The van der Waals surface area contributed by atoms with Gasteiger partial charge >= 0.3 is 0 Å². The van der Waals surface area contributed by atoms with Crippen molar-refractivity contribution in [1.29, 1.82) is 0 Å². The predicted octanol–water partition coefficient (Wildman–Crippen LogP) is 3.08. The normalized spacial score (nSPS) is 12.8. The zero-order valence-electron chi connectivity index (χ0n) is 14.6. The van der Waals surface area contributed by atoms with Gasteiger partial charge in [0, 0.05) is 30.7 Å². The maximum Gasteiger partial charge on any atom is 0.191 e. The van der Waals surface area contributed by atoms with E-state index < -0.39 is 0 Å². The van der Waals surface area contributed by atoms with Crippen LogP contribution < -0.4 is 10.6 Å². The summed E-state index contributed by atoms with van der Waals surface area (Å²) in [4.78, 5) is 7.12. The van der Waals surface area contributed by atoms with E-state index in [-0.39, 0.29) is 29.5 Å². The van der Waals surface area contributed by atoms with Gasteiger partial charge in [0.1, 0.15) is 0 Å². The third-order valence-corrected chi connectivity index (χ3v) is 2.79. The highest BCUT2D eigenvalue weighted by Crippen LogP contribution is 2.04. The molecule has 0 radical (unpaired) electrons. The van der Waals surface area contributed by atoms with E-state index in [9.17, 15) is 0 Å². The molecule has 0 aliphatic carbocycles. The molecule has 0 rings (SSSR count). The average molecular weight is 398 g/mol. The van der Waals surface area contributed by atoms with Gasteiger partial charge in [0.2, 0.25) is 0 Å². The van der Waals surface area contributed by atoms with Crippen LogP contribution in [0, 0.1) is 0 Å². The monoisotopic (exact) mass is 398 g/mol. The summed E-state index contributed by atoms with van der Waals surface area (Å²) in [6, 6.07) is 1.13. The molecule has 0 heterocycles. The van der Waals surface area contributed by atoms with Gasteiger partial charge in [0.05, 0.1) is 6.54 Å². The van der Waals surface area contributed by atoms with Gasteiger partial charge in [-0.25, -0.2) is 0 Å². The zero-order valence-corrected chi connectivity index (χ0v) is 16.9. The lowest BCUT2D eigenvalue weighted by molar-refractivity contribution is 0.181. The molecule has 0 amide bonds. The summed E-state index contributed by atoms with van der Waals surface area (Å²) in [5.74, 6) is 0.905. The lowest BCUT2D eigenvalue weighted by atomic mass is 10.1. The minimum atomic E-state index is 0. The summed E-state index contributed by atoms with van der Waals surface area (Å²) in [5.41, 5.74) is 0.0385. The third kappa shape index (κ3) is 10.7. The molecule has 0 fully saturated rings. The topological polar surface area (TPSA) is 39.7 Å². The largest absolute Gasteiger partial charge is 0.357 e. The minimum Gasteiger partial charge on any atom is -0.357 e. The fraction of sp³-hybridized carbons (Fsp3) is 0.933. The molecule has 2 N–H and O–H groups in total. The molecule has 20 heavy (non-hydrogen) atoms. The van der Waals surface area contributed by atoms with Crippen molar-refractivity contribution in [3.05, 3.63) is 0 Å². The van der Waals surface area contributed by atoms with Crippen molar-refractivity contribution in [2.24, 2.45) is 4.99 Å². The van der Waals surface area contributed by atoms with Crippen LogP contribution in [0.3, 0.4) is 0 Å². The Bertz CT molecular complexity index is 262. The molecule has 0 aromatic carbocycles. The van der Waals surface area contributed by atoms with Crippen LogP contribution >= 0.6 is 24.0 Å². The number of halogens is 1. The molecule has 4 nitrogen and oxygen atoms in total. The Kier molecular flexibility index (Phi) is 11.8. The van der Waals surface area contributed by atoms with Gasteiger partial charge in [0.25, 0.3) is 0 Å². The van der Waals surface area contributed by atoms with Crippen molar-refractivity contribution >= 4 is 29.9 Å². The van der Waals surface area contributed by atoms with Gasteiger partial charge in [0.15, 0.2) is 5.96 Å². The molecule has 0 spiro atoms. The highest BCUT2D eigenvalue weighted by molar-refractivity contribution is 14.0. The fourth-order valence-corrected chi connectivity index (χ4v) is 2.05. The predicted molar refractivity (Wildman–Crippen MR) is 101 cm³/mol. The van der Waals surface area contributed by atoms with E-state index in [1.165, 1.54) is 0 Å². The summed E-state index contributed by atoms with van der Waals surface area (Å²) >= 11 is 0. The van der Waals surface area contributed by atoms with Crippen LogP contribution in [-0.2, 0) is 0 Å². The first-order chi connectivity index (χ1) is 8.67. The van der Waals surface area contributed by atoms with Crippen LogP contribution in [0.1, 0.15) is 55.4 Å². The number of guanidine groups is 1. The molecule has 0 bridgehead atoms. The van der Waals surface area contributed by atoms with Crippen LogP contribution in [-0.4, -0.2) is 48.1 Å². The second kappa shape index (κ2) is 10.7. The quantitative estimate of drug-likeness (QED) is 0.411. The molecule has 0 aliphatic heterocycles. The van der Waals surface area contributed by atoms with Crippen molar-refractivity contribution in [3.63, 3.8) is 0 Å². The third-order valence-electron chi connectivity index (χ3n) is 2.79. The van der Waals surface area contributed by atoms with E-state index in [0.717, 1.165) is 25.6 Å². The second-order valence-corrected chi connectivity index (χ2v) is 6.56. The molecule has 0 atom stereocenters. The molecule has 0 saturated carbocycles. The van der Waals surface area contributed by atoms with E-state index in [0.29, 0.717) is 12.1 Å². The fourth-order valence-electron chi connectivity index (χ4n) is 2.05. The summed E-state index contributed by atoms with van der Waals surface area (Å²) in [6.07, 6.45) is 0. The van der Waals surface area contributed by atoms with E-state index in [4.69, 9.17) is 0 Å². The number of hydrogen-bond donors (Lipinski definition) is 2. The highest BCUT2D eigenvalue weighted by atomic mass is 127. The first-order valence-corrected chi connectivity index (χ1v) is 7.49. The van der Waals surface area contributed by atoms with E-state index in [1.807, 2.05) is 0 Å². The van der Waals surface area contributed by atoms with Gasteiger partial charge in [-0.05, 0) is 55.4 Å². The van der Waals surface area contributed by atoms with Crippen molar-refractivity contribution < 1.29 is 0 Å². The molecular formula is C15H35IN4. The lowest BCUT2D eigenvalue weighted by Crippen LogP contribution is -2.48. The summed E-state index contributed by atoms with van der Waals surface area (Å²) in [7, 11) is 0. The molecule has 0 aliphatic rings. The lowest BCUT2D eigenvalue weighted by Gasteiger charge is -2.30. The minimum absolute atomic E-state index is 0. The van der Waals surface area contributed by atoms with Crippen LogP contribution in [0.2, 0.25) is 0 Å². The van der Waals surface area contributed by atoms with Gasteiger partial charge in [-0.1, -0.05) is 0 Å². The first kappa shape index (κ1) is 22.2. The smallest absolute Gasteiger partial charge is 0.191 e. The average Bonchev–Trinajstić information content (AvgIpc) is 2.21. The number of aliphatic imine (C=N–C) groups is 1. The summed E-state index contributed by atoms with van der Waals surface area (Å²) < 4.78 is 0. The molecule has 0 aromatic heterocycles. The molecule has 5 heteroatoms. The van der Waals surface area contributed by atoms with Crippen LogP contribution in [0.5, 0.6) is 0 Å².